The van der Waals surface area contributed by atoms with Gasteiger partial charge in [-0.25, -0.2) is 4.39 Å². The minimum atomic E-state index is -0.578. The molecule has 0 spiro atoms. The maximum Gasteiger partial charge on any atom is 0.313 e. The predicted molar refractivity (Wildman–Crippen MR) is 419 cm³/mol. The number of benzene rings is 9. The third-order valence-electron chi connectivity index (χ3n) is 22.4. The van der Waals surface area contributed by atoms with Gasteiger partial charge in [0, 0.05) is 48.9 Å². The molecular formula is C91H104FNO14. The van der Waals surface area contributed by atoms with E-state index in [1.165, 1.54) is 30.9 Å². The molecule has 15 nitrogen and oxygen atoms in total. The molecule has 6 atom stereocenters. The van der Waals surface area contributed by atoms with Crippen LogP contribution in [0.2, 0.25) is 0 Å². The lowest BCUT2D eigenvalue weighted by Gasteiger charge is -2.38. The summed E-state index contributed by atoms with van der Waals surface area (Å²) in [5, 5.41) is 17.9. The standard InChI is InChI=1S/C31H36O5.C30H33FO4.C30H35NO5/c1-18-8-9-26-17-24(10-11-25(26)16-18)21(4)30(33)34-15-14-31(7)13-12-27-22(5)28(35-23(6)32)19(2)20(3)29(27)36-31;1-18-19(2)28-24(21(4)27(18)32)13-14-30(5,35-28)15-16-34-29(33)20(3)23-11-12-25(26(31)17-23)22-9-7-6-8-10-22;1-17-18(2)28-26(20(4)27(17)35-21(5)32)12-13-30(6,36-28)16-31-29(33)19(3)22-8-9-24-15-25(34-7)11-10-23(24)14-22/h8-11,16-17,21H,12-15H2,1-7H3;6-12,17,20,32H,13-16H2,1-5H3;8-11,14-15,19H,12-13,16H2,1-7H3,(H,31,33)/t21-,31+;;19-,30+/m0.0/s1. The number of aromatic hydroxyl groups is 1. The normalized spacial score (nSPS) is 17.8. The number of hydrogen-bond acceptors (Lipinski definition) is 14. The number of amides is 1. The summed E-state index contributed by atoms with van der Waals surface area (Å²) < 4.78 is 61.8. The van der Waals surface area contributed by atoms with Crippen molar-refractivity contribution in [2.75, 3.05) is 26.9 Å². The van der Waals surface area contributed by atoms with E-state index in [-0.39, 0.29) is 54.0 Å². The number of hydrogen-bond donors (Lipinski definition) is 2. The van der Waals surface area contributed by atoms with Gasteiger partial charge in [-0.3, -0.25) is 24.0 Å². The van der Waals surface area contributed by atoms with Crippen LogP contribution in [0.1, 0.15) is 194 Å². The van der Waals surface area contributed by atoms with E-state index in [1.807, 2.05) is 157 Å². The van der Waals surface area contributed by atoms with Gasteiger partial charge in [0.1, 0.15) is 62.9 Å². The number of aryl methyl sites for hydroxylation is 1. The SMILES string of the molecule is CC(=O)Oc1c(C)c(C)c2c(c1C)CC[C@](C)(CCOC(=O)[C@@H](C)c1ccc3cc(C)ccc3c1)O2.COc1ccc2cc([C@H](C)C(=O)NC[C@@]3(C)CCc4c(C)c(OC(C)=O)c(C)c(C)c4O3)ccc2c1.Cc1c(C)c2c(c(C)c1O)CCC(C)(CCOC(=O)C(C)c1ccc(-c3ccccc3)c(F)c1)O2. The Morgan fingerprint density at radius 2 is 0.907 bits per heavy atom. The van der Waals surface area contributed by atoms with Gasteiger partial charge in [0.05, 0.1) is 44.6 Å². The Labute approximate surface area is 629 Å². The number of ether oxygens (including phenoxy) is 8. The highest BCUT2D eigenvalue weighted by atomic mass is 19.1. The van der Waals surface area contributed by atoms with Crippen molar-refractivity contribution in [3.05, 3.63) is 216 Å². The van der Waals surface area contributed by atoms with Gasteiger partial charge < -0.3 is 48.3 Å². The third-order valence-corrected chi connectivity index (χ3v) is 22.4. The third kappa shape index (κ3) is 17.8. The van der Waals surface area contributed by atoms with Crippen molar-refractivity contribution >= 4 is 51.3 Å². The molecular weight excluding hydrogens is 1350 g/mol. The van der Waals surface area contributed by atoms with E-state index in [9.17, 15) is 33.5 Å². The van der Waals surface area contributed by atoms with Gasteiger partial charge >= 0.3 is 23.9 Å². The Kier molecular flexibility index (Phi) is 24.4. The maximum absolute atomic E-state index is 14.8. The van der Waals surface area contributed by atoms with Gasteiger partial charge in [-0.1, -0.05) is 109 Å². The molecule has 9 aromatic rings. The van der Waals surface area contributed by atoms with Crippen molar-refractivity contribution in [3.63, 3.8) is 0 Å². The topological polar surface area (TPSA) is 191 Å². The minimum absolute atomic E-state index is 0.0345. The van der Waals surface area contributed by atoms with Gasteiger partial charge in [-0.15, -0.1) is 0 Å². The molecule has 1 amide bonds. The summed E-state index contributed by atoms with van der Waals surface area (Å²) in [4.78, 5) is 61.8. The van der Waals surface area contributed by atoms with E-state index in [4.69, 9.17) is 37.9 Å². The van der Waals surface area contributed by atoms with Crippen molar-refractivity contribution in [3.8, 4) is 51.4 Å². The predicted octanol–water partition coefficient (Wildman–Crippen LogP) is 19.5. The van der Waals surface area contributed by atoms with Crippen LogP contribution in [-0.4, -0.2) is 78.6 Å². The van der Waals surface area contributed by atoms with Crippen LogP contribution in [-0.2, 0) is 52.7 Å². The lowest BCUT2D eigenvalue weighted by atomic mass is 9.85. The van der Waals surface area contributed by atoms with Crippen LogP contribution >= 0.6 is 0 Å². The zero-order valence-corrected chi connectivity index (χ0v) is 65.7. The van der Waals surface area contributed by atoms with E-state index < -0.39 is 22.7 Å². The van der Waals surface area contributed by atoms with E-state index in [1.54, 1.807) is 26.2 Å². The van der Waals surface area contributed by atoms with Crippen molar-refractivity contribution in [1.29, 1.82) is 0 Å². The van der Waals surface area contributed by atoms with Crippen LogP contribution in [0.25, 0.3) is 32.7 Å². The summed E-state index contributed by atoms with van der Waals surface area (Å²) in [7, 11) is 1.65. The number of rotatable bonds is 18. The van der Waals surface area contributed by atoms with E-state index in [0.717, 1.165) is 161 Å². The minimum Gasteiger partial charge on any atom is -0.507 e. The molecule has 12 rings (SSSR count). The highest BCUT2D eigenvalue weighted by molar-refractivity contribution is 5.89. The Balaban J connectivity index is 0.000000172. The molecule has 2 unspecified atom stereocenters. The summed E-state index contributed by atoms with van der Waals surface area (Å²) in [6, 6.07) is 38.7. The molecule has 3 heterocycles. The summed E-state index contributed by atoms with van der Waals surface area (Å²) in [5.74, 6) is 2.07. The second kappa shape index (κ2) is 32.9. The van der Waals surface area contributed by atoms with Crippen LogP contribution in [0.4, 0.5) is 4.39 Å². The number of phenols is 1. The average molecular weight is 1450 g/mol. The van der Waals surface area contributed by atoms with Crippen LogP contribution in [0.15, 0.2) is 121 Å². The van der Waals surface area contributed by atoms with Gasteiger partial charge in [0.25, 0.3) is 0 Å². The van der Waals surface area contributed by atoms with Crippen molar-refractivity contribution in [2.45, 2.75) is 211 Å². The molecule has 16 heteroatoms. The Hall–Kier alpha value is -10.2. The second-order valence-electron chi connectivity index (χ2n) is 30.3. The number of methoxy groups -OCH3 is 1. The monoisotopic (exact) mass is 1450 g/mol. The first kappa shape index (κ1) is 79.3. The number of fused-ring (bicyclic) bond motifs is 5. The van der Waals surface area contributed by atoms with Crippen LogP contribution in [0.5, 0.6) is 40.2 Å². The van der Waals surface area contributed by atoms with E-state index >= 15 is 0 Å². The molecule has 0 fully saturated rings. The molecule has 0 bridgehead atoms. The molecule has 0 saturated heterocycles. The molecule has 0 aromatic heterocycles. The number of phenolic OH excluding ortho intramolecular Hbond substituents is 1. The Bertz CT molecular complexity index is 4900. The fraction of sp³-hybridized carbons (Fsp3) is 0.396. The highest BCUT2D eigenvalue weighted by Crippen LogP contribution is 2.48. The fourth-order valence-corrected chi connectivity index (χ4v) is 14.7. The van der Waals surface area contributed by atoms with Crippen LogP contribution in [0, 0.1) is 75.1 Å². The molecule has 107 heavy (non-hydrogen) atoms. The number of carbonyl (C=O) groups excluding carboxylic acids is 5. The number of carbonyl (C=O) groups is 5. The van der Waals surface area contributed by atoms with Gasteiger partial charge in [0.2, 0.25) is 5.91 Å². The fourth-order valence-electron chi connectivity index (χ4n) is 14.7. The number of esters is 4. The van der Waals surface area contributed by atoms with Gasteiger partial charge in [-0.2, -0.15) is 0 Å². The molecule has 0 saturated carbocycles. The van der Waals surface area contributed by atoms with E-state index in [0.29, 0.717) is 54.4 Å². The smallest absolute Gasteiger partial charge is 0.313 e. The van der Waals surface area contributed by atoms with E-state index in [2.05, 4.69) is 55.6 Å². The summed E-state index contributed by atoms with van der Waals surface area (Å²) in [6.07, 6.45) is 5.84. The second-order valence-corrected chi connectivity index (χ2v) is 30.3. The zero-order valence-electron chi connectivity index (χ0n) is 65.7. The first-order valence-electron chi connectivity index (χ1n) is 37.2. The van der Waals surface area contributed by atoms with Crippen molar-refractivity contribution in [1.82, 2.24) is 5.32 Å². The highest BCUT2D eigenvalue weighted by Gasteiger charge is 2.39. The molecule has 564 valence electrons. The lowest BCUT2D eigenvalue weighted by Crippen LogP contribution is -2.48. The van der Waals surface area contributed by atoms with Gasteiger partial charge in [-0.05, 0) is 261 Å². The molecule has 2 N–H and O–H groups in total. The summed E-state index contributed by atoms with van der Waals surface area (Å²) in [6.45, 7) is 35.1. The maximum atomic E-state index is 14.8. The first-order chi connectivity index (χ1) is 50.6. The molecule has 9 aromatic carbocycles. The average Bonchev–Trinajstić information content (AvgIpc) is 0.768. The quantitative estimate of drug-likeness (QED) is 0.0609. The summed E-state index contributed by atoms with van der Waals surface area (Å²) in [5.41, 5.74) is 15.1. The number of nitrogens with one attached hydrogen (secondary N) is 1. The first-order valence-corrected chi connectivity index (χ1v) is 37.2. The molecule has 0 radical (unpaired) electrons. The van der Waals surface area contributed by atoms with Crippen LogP contribution in [0.3, 0.4) is 0 Å². The number of halogens is 1. The largest absolute Gasteiger partial charge is 0.507 e. The Morgan fingerprint density at radius 1 is 0.486 bits per heavy atom. The molecule has 0 aliphatic carbocycles. The molecule has 3 aliphatic heterocycles. The Morgan fingerprint density at radius 3 is 1.40 bits per heavy atom. The van der Waals surface area contributed by atoms with Crippen LogP contribution < -0.4 is 33.7 Å². The molecule has 3 aliphatic rings. The van der Waals surface area contributed by atoms with Crippen molar-refractivity contribution < 1.29 is 71.4 Å². The zero-order chi connectivity index (χ0) is 77.7. The summed E-state index contributed by atoms with van der Waals surface area (Å²) >= 11 is 0. The van der Waals surface area contributed by atoms with Gasteiger partial charge in [0.15, 0.2) is 0 Å². The van der Waals surface area contributed by atoms with Crippen molar-refractivity contribution in [2.24, 2.45) is 0 Å². The lowest BCUT2D eigenvalue weighted by molar-refractivity contribution is -0.147.